The smallest absolute Gasteiger partial charge is 0.137 e. The van der Waals surface area contributed by atoms with Crippen molar-refractivity contribution in [1.29, 1.82) is 0 Å². The molecule has 0 saturated heterocycles. The third-order valence-corrected chi connectivity index (χ3v) is 11.6. The van der Waals surface area contributed by atoms with Crippen molar-refractivity contribution in [3.8, 4) is 67.3 Å². The van der Waals surface area contributed by atoms with Crippen molar-refractivity contribution >= 4 is 21.9 Å². The molecule has 0 bridgehead atoms. The first-order valence-electron chi connectivity index (χ1n) is 24.4. The van der Waals surface area contributed by atoms with Gasteiger partial charge in [-0.3, -0.25) is 4.98 Å². The number of hydrogen-bond acceptors (Lipinski definition) is 8. The first-order valence-corrected chi connectivity index (χ1v) is 24.4. The Morgan fingerprint density at radius 2 is 0.850 bits per heavy atom. The number of aliphatic hydroxyl groups excluding tert-OH is 2. The predicted molar refractivity (Wildman–Crippen MR) is 301 cm³/mol. The van der Waals surface area contributed by atoms with Gasteiger partial charge in [0, 0.05) is 112 Å². The molecule has 410 valence electrons. The van der Waals surface area contributed by atoms with E-state index in [1.165, 1.54) is 24.3 Å². The van der Waals surface area contributed by atoms with E-state index in [2.05, 4.69) is 38.1 Å². The van der Waals surface area contributed by atoms with Gasteiger partial charge in [0.05, 0.1) is 5.69 Å². The molecule has 0 aliphatic carbocycles. The van der Waals surface area contributed by atoms with Gasteiger partial charge in [0.2, 0.25) is 0 Å². The second-order valence-electron chi connectivity index (χ2n) is 17.1. The van der Waals surface area contributed by atoms with E-state index in [4.69, 9.17) is 19.0 Å². The standard InChI is InChI=1S/C20H13F2NO.C20H12F2NO.2C12H10N.2CH4O.2Ir/c2*1-12-9-17-19(24-12)7-8-23-20(17)14-4-2-3-13(10-14)16-6-5-15(21)11-18(16)22;2*1-10-6-5-9-12(13-10)11-7-3-2-4-8-11;2*1-2;;/h2-11H,1H3;2-3,5-11H,1H3;2*2-7,9H,1H3;2*2H,1H3;;/q;3*-1;;;;. The fourth-order valence-corrected chi connectivity index (χ4v) is 8.17. The van der Waals surface area contributed by atoms with Crippen LogP contribution in [0.25, 0.3) is 89.2 Å². The number of furan rings is 2. The van der Waals surface area contributed by atoms with Gasteiger partial charge in [-0.1, -0.05) is 54.1 Å². The van der Waals surface area contributed by atoms with E-state index in [-0.39, 0.29) is 40.2 Å². The number of aryl methyl sites for hydroxylation is 4. The quantitative estimate of drug-likeness (QED) is 0.125. The van der Waals surface area contributed by atoms with Gasteiger partial charge in [0.25, 0.3) is 0 Å². The molecule has 6 heterocycles. The zero-order valence-corrected chi connectivity index (χ0v) is 49.0. The summed E-state index contributed by atoms with van der Waals surface area (Å²) >= 11 is 0. The maximum atomic E-state index is 14.1. The number of benzene rings is 6. The molecule has 0 unspecified atom stereocenters. The second-order valence-corrected chi connectivity index (χ2v) is 17.1. The van der Waals surface area contributed by atoms with Crippen LogP contribution < -0.4 is 0 Å². The van der Waals surface area contributed by atoms with Crippen LogP contribution in [0.5, 0.6) is 0 Å². The molecular weight excluding hydrogens is 1370 g/mol. The Balaban J connectivity index is 0.000000197. The van der Waals surface area contributed by atoms with Crippen LogP contribution >= 0.6 is 0 Å². The average molecular weight is 1430 g/mol. The molecule has 6 aromatic carbocycles. The maximum Gasteiger partial charge on any atom is 0.137 e. The molecule has 0 saturated carbocycles. The summed E-state index contributed by atoms with van der Waals surface area (Å²) in [4.78, 5) is 17.7. The van der Waals surface area contributed by atoms with Crippen LogP contribution in [0.1, 0.15) is 22.9 Å². The Morgan fingerprint density at radius 1 is 0.400 bits per heavy atom. The van der Waals surface area contributed by atoms with E-state index in [0.29, 0.717) is 27.9 Å². The monoisotopic (exact) mass is 1430 g/mol. The molecule has 12 aromatic rings. The average Bonchev–Trinajstić information content (AvgIpc) is 4.08. The predicted octanol–water partition coefficient (Wildman–Crippen LogP) is 16.2. The van der Waals surface area contributed by atoms with Crippen molar-refractivity contribution in [1.82, 2.24) is 19.9 Å². The molecule has 0 spiro atoms. The largest absolute Gasteiger partial charge is 0.462 e. The van der Waals surface area contributed by atoms with Gasteiger partial charge >= 0.3 is 0 Å². The van der Waals surface area contributed by atoms with Crippen molar-refractivity contribution in [2.75, 3.05) is 14.2 Å². The minimum absolute atomic E-state index is 0. The summed E-state index contributed by atoms with van der Waals surface area (Å²) in [5, 5.41) is 15.8. The number of fused-ring (bicyclic) bond motifs is 2. The first kappa shape index (κ1) is 62.8. The minimum Gasteiger partial charge on any atom is -0.462 e. The number of halogens is 4. The van der Waals surface area contributed by atoms with E-state index in [1.807, 2.05) is 149 Å². The van der Waals surface area contributed by atoms with Gasteiger partial charge in [-0.25, -0.2) is 17.6 Å². The van der Waals surface area contributed by atoms with E-state index in [1.54, 1.807) is 42.7 Å². The molecule has 12 rings (SSSR count). The number of rotatable bonds is 6. The molecule has 0 aliphatic heterocycles. The topological polar surface area (TPSA) is 118 Å². The van der Waals surface area contributed by atoms with Gasteiger partial charge in [-0.05, 0) is 117 Å². The zero-order valence-electron chi connectivity index (χ0n) is 44.2. The normalized spacial score (nSPS) is 10.1. The van der Waals surface area contributed by atoms with Crippen LogP contribution in [-0.4, -0.2) is 44.4 Å². The van der Waals surface area contributed by atoms with Crippen molar-refractivity contribution in [3.63, 3.8) is 0 Å². The Hall–Kier alpha value is -8.06. The van der Waals surface area contributed by atoms with Crippen molar-refractivity contribution in [3.05, 3.63) is 265 Å². The Kier molecular flexibility index (Phi) is 24.3. The molecule has 0 fully saturated rings. The van der Waals surface area contributed by atoms with Crippen molar-refractivity contribution < 1.29 is 76.8 Å². The third kappa shape index (κ3) is 16.5. The van der Waals surface area contributed by atoms with Crippen molar-refractivity contribution in [2.24, 2.45) is 0 Å². The summed E-state index contributed by atoms with van der Waals surface area (Å²) < 4.78 is 65.6. The molecule has 6 aromatic heterocycles. The SMILES string of the molecule is CO.CO.Cc1cc2c(-c3[c-]ccc(-c4ccc(F)cc4F)c3)nccc2o1.Cc1cc2c(-c3cccc(-c4ccc(F)cc4F)c3)nccc2o1.Cc1cccc(-c2[c-]cccc2)n1.Cc1cccc(-c2[c-]cccc2)n1.[Ir].[Ir]. The number of nitrogens with zero attached hydrogens (tertiary/aromatic N) is 4. The number of aromatic nitrogens is 4. The van der Waals surface area contributed by atoms with Gasteiger partial charge in [-0.2, -0.15) is 0 Å². The summed E-state index contributed by atoms with van der Waals surface area (Å²) in [7, 11) is 2.00. The zero-order chi connectivity index (χ0) is 55.6. The summed E-state index contributed by atoms with van der Waals surface area (Å²) in [6.45, 7) is 7.74. The summed E-state index contributed by atoms with van der Waals surface area (Å²) in [5.41, 5.74) is 12.7. The van der Waals surface area contributed by atoms with Gasteiger partial charge in [-0.15, -0.1) is 102 Å². The molecule has 2 radical (unpaired) electrons. The van der Waals surface area contributed by atoms with E-state index >= 15 is 0 Å². The van der Waals surface area contributed by atoms with E-state index in [0.717, 1.165) is 111 Å². The molecule has 14 heteroatoms. The molecule has 2 N–H and O–H groups in total. The van der Waals surface area contributed by atoms with Crippen molar-refractivity contribution in [2.45, 2.75) is 27.7 Å². The van der Waals surface area contributed by atoms with E-state index in [9.17, 15) is 17.6 Å². The Labute approximate surface area is 489 Å². The molecular formula is C66H53F4Ir2N4O4-3. The molecule has 0 atom stereocenters. The maximum absolute atomic E-state index is 14.1. The van der Waals surface area contributed by atoms with Crippen LogP contribution in [0.4, 0.5) is 17.6 Å². The Morgan fingerprint density at radius 3 is 1.32 bits per heavy atom. The summed E-state index contributed by atoms with van der Waals surface area (Å²) in [6, 6.07) is 64.4. The van der Waals surface area contributed by atoms with E-state index < -0.39 is 23.3 Å². The Bertz CT molecular complexity index is 3630. The molecule has 80 heavy (non-hydrogen) atoms. The molecule has 8 nitrogen and oxygen atoms in total. The number of aliphatic hydroxyl groups is 2. The fraction of sp³-hybridized carbons (Fsp3) is 0.0909. The summed E-state index contributed by atoms with van der Waals surface area (Å²) in [6.07, 6.45) is 3.35. The number of pyridine rings is 4. The fourth-order valence-electron chi connectivity index (χ4n) is 8.17. The van der Waals surface area contributed by atoms with Crippen LogP contribution in [0.15, 0.2) is 209 Å². The molecule has 0 amide bonds. The van der Waals surface area contributed by atoms with Crippen LogP contribution in [0.2, 0.25) is 0 Å². The van der Waals surface area contributed by atoms with Crippen LogP contribution in [0, 0.1) is 69.2 Å². The minimum atomic E-state index is -0.600. The second kappa shape index (κ2) is 30.9. The third-order valence-electron chi connectivity index (χ3n) is 11.6. The van der Waals surface area contributed by atoms with Gasteiger partial charge in [0.15, 0.2) is 0 Å². The van der Waals surface area contributed by atoms with Crippen LogP contribution in [0.3, 0.4) is 0 Å². The summed E-state index contributed by atoms with van der Waals surface area (Å²) in [5.74, 6) is -0.776. The number of hydrogen-bond donors (Lipinski definition) is 2. The van der Waals surface area contributed by atoms with Gasteiger partial charge < -0.3 is 34.0 Å². The molecule has 0 aliphatic rings. The van der Waals surface area contributed by atoms with Gasteiger partial charge in [0.1, 0.15) is 46.0 Å². The van der Waals surface area contributed by atoms with Crippen LogP contribution in [-0.2, 0) is 40.2 Å². The first-order chi connectivity index (χ1) is 37.9.